The summed E-state index contributed by atoms with van der Waals surface area (Å²) in [4.78, 5) is 31.3. The van der Waals surface area contributed by atoms with E-state index < -0.39 is 11.6 Å². The lowest BCUT2D eigenvalue weighted by Crippen LogP contribution is -2.28. The van der Waals surface area contributed by atoms with E-state index in [0.29, 0.717) is 68.4 Å². The van der Waals surface area contributed by atoms with Crippen LogP contribution >= 0.6 is 0 Å². The number of carbonyl (C=O) groups is 1. The van der Waals surface area contributed by atoms with Gasteiger partial charge in [0.1, 0.15) is 22.8 Å². The van der Waals surface area contributed by atoms with E-state index in [2.05, 4.69) is 35.8 Å². The van der Waals surface area contributed by atoms with Crippen LogP contribution in [0.5, 0.6) is 0 Å². The lowest BCUT2D eigenvalue weighted by atomic mass is 9.85. The number of amides is 1. The predicted molar refractivity (Wildman–Crippen MR) is 171 cm³/mol. The van der Waals surface area contributed by atoms with Crippen molar-refractivity contribution in [2.45, 2.75) is 19.3 Å². The van der Waals surface area contributed by atoms with Crippen molar-refractivity contribution < 1.29 is 13.6 Å². The maximum atomic E-state index is 16.3. The monoisotopic (exact) mass is 607 g/mol. The minimum Gasteiger partial charge on any atom is -0.384 e. The fraction of sp³-hybridized carbons (Fsp3) is 0.242. The van der Waals surface area contributed by atoms with Crippen molar-refractivity contribution >= 4 is 39.2 Å². The largest absolute Gasteiger partial charge is 0.384 e. The number of carbonyl (C=O) groups excluding carboxylic acids is 1. The number of nitrogens with one attached hydrogen (secondary N) is 4. The molecule has 228 valence electrons. The molecule has 0 radical (unpaired) electrons. The molecule has 1 fully saturated rings. The third-order valence-electron chi connectivity index (χ3n) is 8.14. The molecule has 45 heavy (non-hydrogen) atoms. The summed E-state index contributed by atoms with van der Waals surface area (Å²) < 4.78 is 31.0. The molecule has 4 N–H and O–H groups in total. The number of benzene rings is 2. The second-order valence-corrected chi connectivity index (χ2v) is 11.6. The van der Waals surface area contributed by atoms with Gasteiger partial charge in [-0.25, -0.2) is 13.8 Å². The van der Waals surface area contributed by atoms with Gasteiger partial charge in [0.25, 0.3) is 0 Å². The van der Waals surface area contributed by atoms with Crippen LogP contribution in [0.2, 0.25) is 0 Å². The van der Waals surface area contributed by atoms with Crippen molar-refractivity contribution in [2.24, 2.45) is 5.92 Å². The van der Waals surface area contributed by atoms with Crippen molar-refractivity contribution in [1.29, 1.82) is 0 Å². The molecular formula is C33H31F2N9O. The molecule has 10 nitrogen and oxygen atoms in total. The van der Waals surface area contributed by atoms with Gasteiger partial charge < -0.3 is 20.5 Å². The number of aromatic amines is 2. The van der Waals surface area contributed by atoms with Crippen LogP contribution in [0.15, 0.2) is 61.1 Å². The Labute approximate surface area is 257 Å². The molecule has 0 spiro atoms. The Hall–Kier alpha value is -5.23. The Morgan fingerprint density at radius 2 is 1.84 bits per heavy atom. The van der Waals surface area contributed by atoms with Crippen LogP contribution in [0.3, 0.4) is 0 Å². The highest BCUT2D eigenvalue weighted by Gasteiger charge is 2.26. The van der Waals surface area contributed by atoms with Gasteiger partial charge in [-0.3, -0.25) is 19.9 Å². The molecule has 1 aliphatic rings. The Balaban J connectivity index is 1.24. The lowest BCUT2D eigenvalue weighted by molar-refractivity contribution is -0.122. The summed E-state index contributed by atoms with van der Waals surface area (Å²) in [5.41, 5.74) is 4.95. The van der Waals surface area contributed by atoms with Crippen molar-refractivity contribution in [3.05, 3.63) is 72.7 Å². The first-order valence-electron chi connectivity index (χ1n) is 14.8. The Kier molecular flexibility index (Phi) is 7.42. The quantitative estimate of drug-likeness (QED) is 0.154. The van der Waals surface area contributed by atoms with Gasteiger partial charge in [0.15, 0.2) is 5.82 Å². The lowest BCUT2D eigenvalue weighted by Gasteiger charge is -2.24. The van der Waals surface area contributed by atoms with Crippen molar-refractivity contribution in [3.63, 3.8) is 0 Å². The highest BCUT2D eigenvalue weighted by atomic mass is 19.1. The van der Waals surface area contributed by atoms with Crippen molar-refractivity contribution in [1.82, 2.24) is 35.0 Å². The fourth-order valence-electron chi connectivity index (χ4n) is 5.55. The maximum Gasteiger partial charge on any atom is 0.227 e. The number of imidazole rings is 1. The van der Waals surface area contributed by atoms with Gasteiger partial charge in [0, 0.05) is 53.8 Å². The summed E-state index contributed by atoms with van der Waals surface area (Å²) in [7, 11) is 3.95. The second kappa shape index (κ2) is 11.7. The van der Waals surface area contributed by atoms with Crippen molar-refractivity contribution in [2.75, 3.05) is 37.8 Å². The Morgan fingerprint density at radius 1 is 1.00 bits per heavy atom. The van der Waals surface area contributed by atoms with Gasteiger partial charge >= 0.3 is 0 Å². The van der Waals surface area contributed by atoms with E-state index in [1.807, 2.05) is 25.1 Å². The number of hydrogen-bond acceptors (Lipinski definition) is 7. The van der Waals surface area contributed by atoms with Crippen LogP contribution in [0, 0.1) is 17.6 Å². The number of fused-ring (bicyclic) bond motifs is 2. The molecule has 0 aliphatic heterocycles. The first-order chi connectivity index (χ1) is 21.8. The molecule has 6 aromatic rings. The van der Waals surface area contributed by atoms with Gasteiger partial charge in [0.2, 0.25) is 5.91 Å². The average Bonchev–Trinajstić information content (AvgIpc) is 3.61. The number of likely N-dealkylation sites (N-methyl/N-ethyl adjacent to an activating group) is 1. The molecule has 1 saturated carbocycles. The summed E-state index contributed by atoms with van der Waals surface area (Å²) in [5.74, 6) is -0.590. The van der Waals surface area contributed by atoms with Crippen LogP contribution in [0.25, 0.3) is 55.8 Å². The molecule has 4 heterocycles. The van der Waals surface area contributed by atoms with Crippen LogP contribution < -0.4 is 10.6 Å². The maximum absolute atomic E-state index is 16.3. The zero-order chi connectivity index (χ0) is 31.1. The summed E-state index contributed by atoms with van der Waals surface area (Å²) >= 11 is 0. The molecule has 1 amide bonds. The number of nitrogens with zero attached hydrogens (tertiary/aromatic N) is 5. The summed E-state index contributed by atoms with van der Waals surface area (Å²) in [6, 6.07) is 11.6. The molecule has 4 aromatic heterocycles. The molecule has 0 unspecified atom stereocenters. The van der Waals surface area contributed by atoms with Crippen LogP contribution in [-0.2, 0) is 4.79 Å². The average molecular weight is 608 g/mol. The SMILES string of the molecule is CN(C)CCNc1cc(F)cc(-c2nccc3[nH]c(-c4n[nH]c5ccc(-c6cncc(NC(=O)C7CCC7)c6)c(F)c45)nc23)c1. The van der Waals surface area contributed by atoms with E-state index in [1.54, 1.807) is 42.9 Å². The number of hydrogen-bond donors (Lipinski definition) is 4. The molecule has 12 heteroatoms. The third kappa shape index (κ3) is 5.60. The number of H-pyrrole nitrogens is 2. The summed E-state index contributed by atoms with van der Waals surface area (Å²) in [6.07, 6.45) is 7.55. The zero-order valence-corrected chi connectivity index (χ0v) is 24.8. The molecular weight excluding hydrogens is 576 g/mol. The van der Waals surface area contributed by atoms with Gasteiger partial charge in [-0.15, -0.1) is 0 Å². The van der Waals surface area contributed by atoms with Crippen molar-refractivity contribution in [3.8, 4) is 33.9 Å². The molecule has 1 aliphatic carbocycles. The predicted octanol–water partition coefficient (Wildman–Crippen LogP) is 6.22. The zero-order valence-electron chi connectivity index (χ0n) is 24.8. The van der Waals surface area contributed by atoms with Gasteiger partial charge in [-0.05, 0) is 69.4 Å². The molecule has 0 atom stereocenters. The van der Waals surface area contributed by atoms with Crippen LogP contribution in [0.4, 0.5) is 20.2 Å². The molecule has 0 saturated heterocycles. The van der Waals surface area contributed by atoms with Gasteiger partial charge in [0.05, 0.1) is 34.0 Å². The summed E-state index contributed by atoms with van der Waals surface area (Å²) in [5, 5.41) is 13.7. The minimum absolute atomic E-state index is 0.0162. The topological polar surface area (TPSA) is 128 Å². The standard InChI is InChI=1S/C33H31F2N9O/c1-44(2)11-10-37-22-13-19(12-21(34)15-22)29-30-26(8-9-38-29)40-32(41-30)31-27-25(42-43-31)7-6-24(28(27)35)20-14-23(17-36-16-20)39-33(45)18-4-3-5-18/h6-9,12-18,37H,3-5,10-11H2,1-2H3,(H,39,45)(H,40,41)(H,42,43). The fourth-order valence-corrected chi connectivity index (χ4v) is 5.55. The van der Waals surface area contributed by atoms with Crippen LogP contribution in [0.1, 0.15) is 19.3 Å². The number of halogens is 2. The molecule has 7 rings (SSSR count). The highest BCUT2D eigenvalue weighted by Crippen LogP contribution is 2.36. The number of pyridine rings is 2. The Morgan fingerprint density at radius 3 is 2.64 bits per heavy atom. The number of rotatable bonds is 9. The molecule has 2 aromatic carbocycles. The van der Waals surface area contributed by atoms with Gasteiger partial charge in [-0.2, -0.15) is 5.10 Å². The number of aromatic nitrogens is 6. The first-order valence-corrected chi connectivity index (χ1v) is 14.8. The van der Waals surface area contributed by atoms with Crippen LogP contribution in [-0.4, -0.2) is 68.1 Å². The van der Waals surface area contributed by atoms with E-state index in [-0.39, 0.29) is 17.2 Å². The first kappa shape index (κ1) is 28.5. The molecule has 0 bridgehead atoms. The smallest absolute Gasteiger partial charge is 0.227 e. The summed E-state index contributed by atoms with van der Waals surface area (Å²) in [6.45, 7) is 1.44. The number of anilines is 2. The Bertz CT molecular complexity index is 2050. The van der Waals surface area contributed by atoms with E-state index in [0.717, 1.165) is 25.8 Å². The minimum atomic E-state index is -0.502. The van der Waals surface area contributed by atoms with E-state index in [9.17, 15) is 9.18 Å². The normalized spacial score (nSPS) is 13.4. The van der Waals surface area contributed by atoms with E-state index in [4.69, 9.17) is 4.98 Å². The third-order valence-corrected chi connectivity index (χ3v) is 8.14. The van der Waals surface area contributed by atoms with E-state index >= 15 is 4.39 Å². The highest BCUT2D eigenvalue weighted by molar-refractivity contribution is 5.99. The van der Waals surface area contributed by atoms with E-state index in [1.165, 1.54) is 12.1 Å². The second-order valence-electron chi connectivity index (χ2n) is 11.6. The van der Waals surface area contributed by atoms with Gasteiger partial charge in [-0.1, -0.05) is 6.42 Å².